The molecule has 7 nitrogen and oxygen atoms in total. The lowest BCUT2D eigenvalue weighted by atomic mass is 10.0. The fourth-order valence-corrected chi connectivity index (χ4v) is 8.47. The molecule has 0 aliphatic rings. The number of hydrogen-bond donors (Lipinski definition) is 0. The third-order valence-electron chi connectivity index (χ3n) is 10.00. The third kappa shape index (κ3) is 5.59. The summed E-state index contributed by atoms with van der Waals surface area (Å²) >= 11 is 1.73. The second-order valence-electron chi connectivity index (χ2n) is 13.5. The van der Waals surface area contributed by atoms with Gasteiger partial charge in [-0.25, -0.2) is 29.9 Å². The first-order valence-electron chi connectivity index (χ1n) is 18.3. The van der Waals surface area contributed by atoms with Crippen LogP contribution in [0.2, 0.25) is 0 Å². The van der Waals surface area contributed by atoms with Crippen molar-refractivity contribution in [3.8, 4) is 68.3 Å². The zero-order valence-electron chi connectivity index (χ0n) is 29.7. The van der Waals surface area contributed by atoms with Gasteiger partial charge in [0.25, 0.3) is 0 Å². The fourth-order valence-electron chi connectivity index (χ4n) is 7.30. The molecule has 0 saturated carbocycles. The zero-order valence-corrected chi connectivity index (χ0v) is 30.5. The summed E-state index contributed by atoms with van der Waals surface area (Å²) in [7, 11) is 0. The second kappa shape index (κ2) is 13.2. The van der Waals surface area contributed by atoms with Crippen LogP contribution in [-0.2, 0) is 0 Å². The van der Waals surface area contributed by atoms with E-state index < -0.39 is 0 Å². The maximum absolute atomic E-state index is 6.24. The first-order valence-corrected chi connectivity index (χ1v) is 19.1. The van der Waals surface area contributed by atoms with Crippen molar-refractivity contribution >= 4 is 53.4 Å². The molecule has 11 rings (SSSR count). The molecule has 0 bridgehead atoms. The van der Waals surface area contributed by atoms with E-state index in [-0.39, 0.29) is 0 Å². The molecule has 262 valence electrons. The molecule has 0 unspecified atom stereocenters. The molecule has 0 amide bonds. The summed E-state index contributed by atoms with van der Waals surface area (Å²) < 4.78 is 8.48. The summed E-state index contributed by atoms with van der Waals surface area (Å²) in [5.74, 6) is 3.67. The lowest BCUT2D eigenvalue weighted by Gasteiger charge is -2.10. The van der Waals surface area contributed by atoms with E-state index in [1.807, 2.05) is 115 Å². The molecule has 0 spiro atoms. The Balaban J connectivity index is 1.06. The molecule has 11 aromatic rings. The van der Waals surface area contributed by atoms with E-state index in [0.717, 1.165) is 75.5 Å². The number of furan rings is 1. The Hall–Kier alpha value is -7.42. The highest BCUT2D eigenvalue weighted by Crippen LogP contribution is 2.41. The van der Waals surface area contributed by atoms with Gasteiger partial charge in [-0.2, -0.15) is 0 Å². The van der Waals surface area contributed by atoms with Crippen LogP contribution < -0.4 is 0 Å². The summed E-state index contributed by atoms with van der Waals surface area (Å²) in [5.41, 5.74) is 7.13. The molecule has 0 fully saturated rings. The van der Waals surface area contributed by atoms with E-state index in [4.69, 9.17) is 34.3 Å². The molecule has 4 aromatic heterocycles. The topological polar surface area (TPSA) is 90.5 Å². The average Bonchev–Trinajstić information content (AvgIpc) is 3.85. The van der Waals surface area contributed by atoms with Crippen LogP contribution in [0.15, 0.2) is 174 Å². The van der Waals surface area contributed by atoms with Crippen LogP contribution in [0.5, 0.6) is 0 Å². The minimum atomic E-state index is 0.577. The van der Waals surface area contributed by atoms with Crippen molar-refractivity contribution in [2.45, 2.75) is 0 Å². The van der Waals surface area contributed by atoms with Crippen molar-refractivity contribution < 1.29 is 4.42 Å². The number of rotatable bonds is 6. The number of benzene rings is 7. The summed E-state index contributed by atoms with van der Waals surface area (Å²) in [6.45, 7) is 0. The third-order valence-corrected chi connectivity index (χ3v) is 11.1. The average molecular weight is 737 g/mol. The summed E-state index contributed by atoms with van der Waals surface area (Å²) in [6.07, 6.45) is 0. The largest absolute Gasteiger partial charge is 0.456 e. The molecule has 0 saturated heterocycles. The van der Waals surface area contributed by atoms with Gasteiger partial charge in [0.2, 0.25) is 0 Å². The predicted molar refractivity (Wildman–Crippen MR) is 226 cm³/mol. The van der Waals surface area contributed by atoms with Gasteiger partial charge >= 0.3 is 0 Å². The summed E-state index contributed by atoms with van der Waals surface area (Å²) in [5, 5.41) is 4.35. The highest BCUT2D eigenvalue weighted by Gasteiger charge is 2.19. The van der Waals surface area contributed by atoms with Crippen molar-refractivity contribution in [2.75, 3.05) is 0 Å². The van der Waals surface area contributed by atoms with Gasteiger partial charge in [-0.3, -0.25) is 0 Å². The summed E-state index contributed by atoms with van der Waals surface area (Å²) in [6, 6.07) is 57.2. The van der Waals surface area contributed by atoms with Crippen LogP contribution in [0.25, 0.3) is 110 Å². The zero-order chi connectivity index (χ0) is 37.0. The minimum Gasteiger partial charge on any atom is -0.456 e. The maximum Gasteiger partial charge on any atom is 0.164 e. The van der Waals surface area contributed by atoms with E-state index in [2.05, 4.69) is 54.6 Å². The lowest BCUT2D eigenvalue weighted by Crippen LogP contribution is -2.00. The second-order valence-corrected chi connectivity index (χ2v) is 14.6. The molecule has 0 N–H and O–H groups in total. The van der Waals surface area contributed by atoms with Gasteiger partial charge in [0, 0.05) is 64.3 Å². The van der Waals surface area contributed by atoms with Crippen LogP contribution in [-0.4, -0.2) is 29.9 Å². The molecular formula is C48H28N6OS. The Morgan fingerprint density at radius 2 is 0.804 bits per heavy atom. The molecule has 0 atom stereocenters. The van der Waals surface area contributed by atoms with Gasteiger partial charge in [0.1, 0.15) is 11.2 Å². The van der Waals surface area contributed by atoms with Gasteiger partial charge in [-0.1, -0.05) is 140 Å². The predicted octanol–water partition coefficient (Wildman–Crippen LogP) is 12.3. The number of nitrogens with zero attached hydrogens (tertiary/aromatic N) is 6. The molecule has 0 aliphatic carbocycles. The van der Waals surface area contributed by atoms with Crippen molar-refractivity contribution in [1.29, 1.82) is 0 Å². The van der Waals surface area contributed by atoms with Gasteiger partial charge in [-0.15, -0.1) is 11.3 Å². The van der Waals surface area contributed by atoms with Gasteiger partial charge in [-0.05, 0) is 30.3 Å². The SMILES string of the molecule is c1ccc(-c2nc(-c3ccc4c(c3)oc3ccccc34)nc(-c3ccc4c(c3)sc3cccc(-c5nc(-c6ccccc6)nc(-c6ccccc6)n5)c34)n2)cc1. The van der Waals surface area contributed by atoms with Crippen LogP contribution in [0.3, 0.4) is 0 Å². The Labute approximate surface area is 324 Å². The van der Waals surface area contributed by atoms with E-state index in [1.54, 1.807) is 11.3 Å². The first kappa shape index (κ1) is 32.0. The number of fused-ring (bicyclic) bond motifs is 6. The van der Waals surface area contributed by atoms with Gasteiger partial charge in [0.05, 0.1) is 0 Å². The van der Waals surface area contributed by atoms with Crippen LogP contribution in [0, 0.1) is 0 Å². The van der Waals surface area contributed by atoms with Crippen molar-refractivity contribution in [3.63, 3.8) is 0 Å². The molecular weight excluding hydrogens is 709 g/mol. The standard InChI is InChI=1S/C48H28N6OS/c1-4-13-29(14-5-1)43-50-46(32-23-25-35-34-19-10-11-21-38(34)55-39(35)27-32)52-47(51-43)33-24-26-36-41(28-33)56-40-22-12-20-37(42(36)40)48-53-44(30-15-6-2-7-16-30)49-45(54-48)31-17-8-3-9-18-31/h1-28H. The monoisotopic (exact) mass is 736 g/mol. The van der Waals surface area contributed by atoms with Crippen LogP contribution in [0.1, 0.15) is 0 Å². The molecule has 8 heteroatoms. The quantitative estimate of drug-likeness (QED) is 0.168. The molecule has 4 heterocycles. The first-order chi connectivity index (χ1) is 27.7. The minimum absolute atomic E-state index is 0.577. The van der Waals surface area contributed by atoms with E-state index in [9.17, 15) is 0 Å². The van der Waals surface area contributed by atoms with Crippen molar-refractivity contribution in [2.24, 2.45) is 0 Å². The Morgan fingerprint density at radius 3 is 1.41 bits per heavy atom. The number of aromatic nitrogens is 6. The Bertz CT molecular complexity index is 3200. The highest BCUT2D eigenvalue weighted by atomic mass is 32.1. The fraction of sp³-hybridized carbons (Fsp3) is 0. The van der Waals surface area contributed by atoms with Gasteiger partial charge < -0.3 is 4.42 Å². The van der Waals surface area contributed by atoms with E-state index in [1.165, 1.54) is 0 Å². The van der Waals surface area contributed by atoms with Crippen molar-refractivity contribution in [1.82, 2.24) is 29.9 Å². The Morgan fingerprint density at radius 1 is 0.321 bits per heavy atom. The molecule has 0 aliphatic heterocycles. The lowest BCUT2D eigenvalue weighted by molar-refractivity contribution is 0.669. The molecule has 0 radical (unpaired) electrons. The smallest absolute Gasteiger partial charge is 0.164 e. The maximum atomic E-state index is 6.24. The van der Waals surface area contributed by atoms with Crippen LogP contribution in [0.4, 0.5) is 0 Å². The number of thiophene rings is 1. The van der Waals surface area contributed by atoms with Gasteiger partial charge in [0.15, 0.2) is 34.9 Å². The highest BCUT2D eigenvalue weighted by molar-refractivity contribution is 7.26. The molecule has 56 heavy (non-hydrogen) atoms. The van der Waals surface area contributed by atoms with Crippen LogP contribution >= 0.6 is 11.3 Å². The van der Waals surface area contributed by atoms with E-state index in [0.29, 0.717) is 34.9 Å². The van der Waals surface area contributed by atoms with Crippen molar-refractivity contribution in [3.05, 3.63) is 170 Å². The molecule has 7 aromatic carbocycles. The normalized spacial score (nSPS) is 11.6. The number of hydrogen-bond acceptors (Lipinski definition) is 8. The Kier molecular flexibility index (Phi) is 7.53. The summed E-state index contributed by atoms with van der Waals surface area (Å²) in [4.78, 5) is 30.1. The van der Waals surface area contributed by atoms with E-state index >= 15 is 0 Å². The number of para-hydroxylation sites is 1.